The number of carbonyl (C=O) groups is 1. The van der Waals surface area contributed by atoms with Crippen LogP contribution in [0, 0.1) is 3.57 Å². The molecule has 3 heteroatoms. The zero-order valence-electron chi connectivity index (χ0n) is 10.5. The summed E-state index contributed by atoms with van der Waals surface area (Å²) in [6.07, 6.45) is 3.44. The number of ether oxygens (including phenoxy) is 1. The average molecular weight is 364 g/mol. The highest BCUT2D eigenvalue weighted by atomic mass is 127. The largest absolute Gasteiger partial charge is 0.497 e. The van der Waals surface area contributed by atoms with Crippen LogP contribution in [0.2, 0.25) is 0 Å². The van der Waals surface area contributed by atoms with Crippen LogP contribution in [0.5, 0.6) is 5.75 Å². The Hall–Kier alpha value is -1.62. The zero-order chi connectivity index (χ0) is 13.7. The van der Waals surface area contributed by atoms with Gasteiger partial charge in [-0.05, 0) is 64.6 Å². The summed E-state index contributed by atoms with van der Waals surface area (Å²) in [6, 6.07) is 15.0. The molecule has 0 saturated carbocycles. The molecular weight excluding hydrogens is 351 g/mol. The maximum Gasteiger partial charge on any atom is 0.185 e. The molecule has 0 aromatic heterocycles. The first-order valence-electron chi connectivity index (χ1n) is 5.81. The standard InChI is InChI=1S/C16H13IO2/c1-19-14-9-6-13(7-10-14)16(18)11-8-12-4-2-3-5-15(12)17/h2-11H,1H3. The first-order chi connectivity index (χ1) is 9.20. The monoisotopic (exact) mass is 364 g/mol. The van der Waals surface area contributed by atoms with Crippen molar-refractivity contribution in [3.63, 3.8) is 0 Å². The summed E-state index contributed by atoms with van der Waals surface area (Å²) in [4.78, 5) is 12.0. The van der Waals surface area contributed by atoms with Crippen molar-refractivity contribution in [1.29, 1.82) is 0 Å². The minimum atomic E-state index is -0.0118. The molecule has 2 aromatic rings. The highest BCUT2D eigenvalue weighted by Gasteiger charge is 2.02. The van der Waals surface area contributed by atoms with Crippen LogP contribution in [0.1, 0.15) is 15.9 Å². The maximum absolute atomic E-state index is 12.0. The summed E-state index contributed by atoms with van der Waals surface area (Å²) >= 11 is 2.25. The number of ketones is 1. The van der Waals surface area contributed by atoms with Crippen LogP contribution < -0.4 is 4.74 Å². The molecule has 0 bridgehead atoms. The Labute approximate surface area is 126 Å². The van der Waals surface area contributed by atoms with E-state index in [1.54, 1.807) is 37.5 Å². The second-order valence-electron chi connectivity index (χ2n) is 3.95. The molecule has 0 aliphatic carbocycles. The van der Waals surface area contributed by atoms with Gasteiger partial charge >= 0.3 is 0 Å². The Kier molecular flexibility index (Phi) is 4.74. The number of rotatable bonds is 4. The summed E-state index contributed by atoms with van der Waals surface area (Å²) in [7, 11) is 1.61. The second-order valence-corrected chi connectivity index (χ2v) is 5.11. The molecular formula is C16H13IO2. The number of hydrogen-bond donors (Lipinski definition) is 0. The van der Waals surface area contributed by atoms with Gasteiger partial charge in [0.2, 0.25) is 0 Å². The highest BCUT2D eigenvalue weighted by molar-refractivity contribution is 14.1. The number of halogens is 1. The van der Waals surface area contributed by atoms with Crippen molar-refractivity contribution in [2.75, 3.05) is 7.11 Å². The first-order valence-corrected chi connectivity index (χ1v) is 6.89. The van der Waals surface area contributed by atoms with Gasteiger partial charge in [-0.25, -0.2) is 0 Å². The third-order valence-corrected chi connectivity index (χ3v) is 3.68. The van der Waals surface area contributed by atoms with Gasteiger partial charge in [0.1, 0.15) is 5.75 Å². The molecule has 0 aliphatic rings. The molecule has 2 aromatic carbocycles. The molecule has 0 fully saturated rings. The molecule has 0 saturated heterocycles. The van der Waals surface area contributed by atoms with E-state index in [1.807, 2.05) is 30.3 Å². The van der Waals surface area contributed by atoms with E-state index in [4.69, 9.17) is 4.74 Å². The number of benzene rings is 2. The molecule has 0 radical (unpaired) electrons. The van der Waals surface area contributed by atoms with Gasteiger partial charge in [-0.3, -0.25) is 4.79 Å². The third-order valence-electron chi connectivity index (χ3n) is 2.69. The number of hydrogen-bond acceptors (Lipinski definition) is 2. The molecule has 2 rings (SSSR count). The number of methoxy groups -OCH3 is 1. The molecule has 0 heterocycles. The molecule has 2 nitrogen and oxygen atoms in total. The average Bonchev–Trinajstić information content (AvgIpc) is 2.46. The van der Waals surface area contributed by atoms with Gasteiger partial charge in [-0.15, -0.1) is 0 Å². The van der Waals surface area contributed by atoms with Crippen molar-refractivity contribution in [2.24, 2.45) is 0 Å². The summed E-state index contributed by atoms with van der Waals surface area (Å²) < 4.78 is 6.19. The molecule has 0 N–H and O–H groups in total. The van der Waals surface area contributed by atoms with E-state index >= 15 is 0 Å². The van der Waals surface area contributed by atoms with E-state index in [0.29, 0.717) is 5.56 Å². The van der Waals surface area contributed by atoms with Gasteiger partial charge < -0.3 is 4.74 Å². The van der Waals surface area contributed by atoms with Crippen molar-refractivity contribution in [1.82, 2.24) is 0 Å². The predicted octanol–water partition coefficient (Wildman–Crippen LogP) is 4.20. The van der Waals surface area contributed by atoms with E-state index in [9.17, 15) is 4.79 Å². The van der Waals surface area contributed by atoms with Crippen LogP contribution in [0.25, 0.3) is 6.08 Å². The Morgan fingerprint density at radius 2 is 1.79 bits per heavy atom. The van der Waals surface area contributed by atoms with E-state index in [0.717, 1.165) is 14.9 Å². The van der Waals surface area contributed by atoms with Crippen LogP contribution in [-0.4, -0.2) is 12.9 Å². The highest BCUT2D eigenvalue weighted by Crippen LogP contribution is 2.15. The third kappa shape index (κ3) is 3.67. The Morgan fingerprint density at radius 1 is 1.11 bits per heavy atom. The predicted molar refractivity (Wildman–Crippen MR) is 85.5 cm³/mol. The van der Waals surface area contributed by atoms with Crippen LogP contribution >= 0.6 is 22.6 Å². The smallest absolute Gasteiger partial charge is 0.185 e. The van der Waals surface area contributed by atoms with E-state index in [1.165, 1.54) is 0 Å². The van der Waals surface area contributed by atoms with Crippen LogP contribution in [0.4, 0.5) is 0 Å². The SMILES string of the molecule is COc1ccc(C(=O)C=Cc2ccccc2I)cc1. The van der Waals surface area contributed by atoms with E-state index < -0.39 is 0 Å². The fourth-order valence-corrected chi connectivity index (χ4v) is 2.19. The van der Waals surface area contributed by atoms with Gasteiger partial charge in [0.05, 0.1) is 7.11 Å². The van der Waals surface area contributed by atoms with Crippen LogP contribution in [0.15, 0.2) is 54.6 Å². The number of carbonyl (C=O) groups excluding carboxylic acids is 1. The maximum atomic E-state index is 12.0. The van der Waals surface area contributed by atoms with Crippen LogP contribution in [0.3, 0.4) is 0 Å². The van der Waals surface area contributed by atoms with Gasteiger partial charge in [0.15, 0.2) is 5.78 Å². The summed E-state index contributed by atoms with van der Waals surface area (Å²) in [6.45, 7) is 0. The topological polar surface area (TPSA) is 26.3 Å². The fraction of sp³-hybridized carbons (Fsp3) is 0.0625. The van der Waals surface area contributed by atoms with Gasteiger partial charge in [-0.1, -0.05) is 24.3 Å². The quantitative estimate of drug-likeness (QED) is 0.462. The lowest BCUT2D eigenvalue weighted by molar-refractivity contribution is 0.104. The van der Waals surface area contributed by atoms with Crippen molar-refractivity contribution in [3.05, 3.63) is 69.3 Å². The van der Waals surface area contributed by atoms with Gasteiger partial charge in [-0.2, -0.15) is 0 Å². The molecule has 0 aliphatic heterocycles. The molecule has 19 heavy (non-hydrogen) atoms. The molecule has 0 spiro atoms. The van der Waals surface area contributed by atoms with Crippen molar-refractivity contribution in [2.45, 2.75) is 0 Å². The summed E-state index contributed by atoms with van der Waals surface area (Å²) in [5, 5.41) is 0. The van der Waals surface area contributed by atoms with Crippen molar-refractivity contribution >= 4 is 34.5 Å². The van der Waals surface area contributed by atoms with E-state index in [-0.39, 0.29) is 5.78 Å². The Balaban J connectivity index is 2.14. The Bertz CT molecular complexity index is 600. The van der Waals surface area contributed by atoms with Gasteiger partial charge in [0, 0.05) is 9.13 Å². The number of allylic oxidation sites excluding steroid dienone is 1. The fourth-order valence-electron chi connectivity index (χ4n) is 1.63. The summed E-state index contributed by atoms with van der Waals surface area (Å²) in [5.74, 6) is 0.737. The minimum absolute atomic E-state index is 0.0118. The lowest BCUT2D eigenvalue weighted by atomic mass is 10.1. The Morgan fingerprint density at radius 3 is 2.42 bits per heavy atom. The molecule has 0 atom stereocenters. The van der Waals surface area contributed by atoms with Crippen molar-refractivity contribution in [3.8, 4) is 5.75 Å². The van der Waals surface area contributed by atoms with Crippen molar-refractivity contribution < 1.29 is 9.53 Å². The van der Waals surface area contributed by atoms with Crippen LogP contribution in [-0.2, 0) is 0 Å². The second kappa shape index (κ2) is 6.52. The van der Waals surface area contributed by atoms with E-state index in [2.05, 4.69) is 22.6 Å². The zero-order valence-corrected chi connectivity index (χ0v) is 12.6. The molecule has 96 valence electrons. The normalized spacial score (nSPS) is 10.6. The molecule has 0 amide bonds. The first kappa shape index (κ1) is 13.8. The molecule has 0 unspecified atom stereocenters. The minimum Gasteiger partial charge on any atom is -0.497 e. The lowest BCUT2D eigenvalue weighted by Crippen LogP contribution is -1.94. The van der Waals surface area contributed by atoms with Gasteiger partial charge in [0.25, 0.3) is 0 Å². The summed E-state index contributed by atoms with van der Waals surface area (Å²) in [5.41, 5.74) is 1.70. The lowest BCUT2D eigenvalue weighted by Gasteiger charge is -2.00.